The van der Waals surface area contributed by atoms with E-state index >= 15 is 0 Å². The molecule has 0 radical (unpaired) electrons. The summed E-state index contributed by atoms with van der Waals surface area (Å²) < 4.78 is 0. The van der Waals surface area contributed by atoms with Crippen molar-refractivity contribution in [2.24, 2.45) is 0 Å². The molecule has 6 aromatic rings. The van der Waals surface area contributed by atoms with Gasteiger partial charge in [-0.1, -0.05) is 91.0 Å². The van der Waals surface area contributed by atoms with E-state index in [9.17, 15) is 4.79 Å². The van der Waals surface area contributed by atoms with Crippen molar-refractivity contribution in [3.05, 3.63) is 109 Å². The normalized spacial score (nSPS) is 11.0. The third-order valence-electron chi connectivity index (χ3n) is 5.41. The van der Waals surface area contributed by atoms with Gasteiger partial charge >= 0.3 is 5.97 Å². The average Bonchev–Trinajstić information content (AvgIpc) is 2.78. The molecule has 0 spiro atoms. The predicted octanol–water partition coefficient (Wildman–Crippen LogP) is 7.12. The topological polar surface area (TPSA) is 37.3 Å². The second-order valence-electron chi connectivity index (χ2n) is 7.09. The van der Waals surface area contributed by atoms with Gasteiger partial charge in [-0.05, 0) is 55.2 Å². The van der Waals surface area contributed by atoms with Crippen LogP contribution in [0.5, 0.6) is 0 Å². The van der Waals surface area contributed by atoms with E-state index in [-0.39, 0.29) is 0 Å². The minimum Gasteiger partial charge on any atom is -0.478 e. The van der Waals surface area contributed by atoms with Crippen LogP contribution in [0.2, 0.25) is 0 Å². The Kier molecular flexibility index (Phi) is 4.10. The molecule has 0 saturated carbocycles. The first kappa shape index (κ1) is 17.2. The van der Waals surface area contributed by atoms with Crippen LogP contribution in [0.1, 0.15) is 10.4 Å². The molecule has 29 heavy (non-hydrogen) atoms. The lowest BCUT2D eigenvalue weighted by Crippen LogP contribution is -1.93. The van der Waals surface area contributed by atoms with E-state index in [1.54, 1.807) is 30.3 Å². The van der Waals surface area contributed by atoms with E-state index in [2.05, 4.69) is 72.8 Å². The van der Waals surface area contributed by atoms with Crippen LogP contribution < -0.4 is 0 Å². The highest BCUT2D eigenvalue weighted by Crippen LogP contribution is 2.39. The molecule has 2 heteroatoms. The molecule has 0 aliphatic carbocycles. The maximum Gasteiger partial charge on any atom is 0.335 e. The van der Waals surface area contributed by atoms with Crippen molar-refractivity contribution in [3.63, 3.8) is 0 Å². The van der Waals surface area contributed by atoms with Crippen molar-refractivity contribution in [1.82, 2.24) is 0 Å². The molecule has 0 saturated heterocycles. The van der Waals surface area contributed by atoms with Gasteiger partial charge in [-0.2, -0.15) is 0 Å². The SMILES string of the molecule is O=C(O)c1ccccc1.c1cc2cccc3c4cccc5cccc(c(c1)c23)c54. The van der Waals surface area contributed by atoms with Crippen molar-refractivity contribution in [1.29, 1.82) is 0 Å². The molecular weight excluding hydrogens is 356 g/mol. The number of carboxylic acids is 1. The number of benzene rings is 6. The summed E-state index contributed by atoms with van der Waals surface area (Å²) in [7, 11) is 0. The van der Waals surface area contributed by atoms with Gasteiger partial charge in [0, 0.05) is 0 Å². The van der Waals surface area contributed by atoms with Crippen molar-refractivity contribution in [3.8, 4) is 0 Å². The summed E-state index contributed by atoms with van der Waals surface area (Å²) in [6.07, 6.45) is 0. The smallest absolute Gasteiger partial charge is 0.335 e. The highest BCUT2D eigenvalue weighted by Gasteiger charge is 2.11. The summed E-state index contributed by atoms with van der Waals surface area (Å²) in [5.41, 5.74) is 0.331. The largest absolute Gasteiger partial charge is 0.478 e. The van der Waals surface area contributed by atoms with E-state index < -0.39 is 5.97 Å². The van der Waals surface area contributed by atoms with Crippen LogP contribution in [0, 0.1) is 0 Å². The van der Waals surface area contributed by atoms with Gasteiger partial charge in [0.1, 0.15) is 0 Å². The summed E-state index contributed by atoms with van der Waals surface area (Å²) in [4.78, 5) is 10.2. The molecular formula is C27H18O2. The van der Waals surface area contributed by atoms with Crippen LogP contribution in [0.3, 0.4) is 0 Å². The zero-order valence-electron chi connectivity index (χ0n) is 15.7. The minimum absolute atomic E-state index is 0.331. The van der Waals surface area contributed by atoms with Crippen LogP contribution in [-0.2, 0) is 0 Å². The highest BCUT2D eigenvalue weighted by molar-refractivity contribution is 6.32. The maximum atomic E-state index is 10.2. The lowest BCUT2D eigenvalue weighted by Gasteiger charge is -2.13. The van der Waals surface area contributed by atoms with E-state index in [0.29, 0.717) is 5.56 Å². The van der Waals surface area contributed by atoms with E-state index in [4.69, 9.17) is 5.11 Å². The Morgan fingerprint density at radius 1 is 0.483 bits per heavy atom. The fraction of sp³-hybridized carbons (Fsp3) is 0. The molecule has 0 fully saturated rings. The Hall–Kier alpha value is -3.91. The van der Waals surface area contributed by atoms with E-state index in [1.807, 2.05) is 0 Å². The van der Waals surface area contributed by atoms with Crippen molar-refractivity contribution in [2.45, 2.75) is 0 Å². The van der Waals surface area contributed by atoms with Gasteiger partial charge in [0.2, 0.25) is 0 Å². The van der Waals surface area contributed by atoms with Gasteiger partial charge in [-0.3, -0.25) is 0 Å². The van der Waals surface area contributed by atoms with Gasteiger partial charge < -0.3 is 5.11 Å². The number of hydrogen-bond donors (Lipinski definition) is 1. The lowest BCUT2D eigenvalue weighted by atomic mass is 9.90. The molecule has 0 heterocycles. The Labute approximate surface area is 168 Å². The molecule has 0 atom stereocenters. The number of hydrogen-bond acceptors (Lipinski definition) is 1. The number of carboxylic acid groups (broad SMARTS) is 1. The Morgan fingerprint density at radius 2 is 0.862 bits per heavy atom. The molecule has 0 aromatic heterocycles. The van der Waals surface area contributed by atoms with Gasteiger partial charge in [0.05, 0.1) is 5.56 Å². The summed E-state index contributed by atoms with van der Waals surface area (Å²) in [6, 6.07) is 34.7. The van der Waals surface area contributed by atoms with Crippen molar-refractivity contribution >= 4 is 49.1 Å². The maximum absolute atomic E-state index is 10.2. The van der Waals surface area contributed by atoms with Crippen molar-refractivity contribution in [2.75, 3.05) is 0 Å². The molecule has 1 N–H and O–H groups in total. The lowest BCUT2D eigenvalue weighted by molar-refractivity contribution is 0.0697. The third-order valence-corrected chi connectivity index (χ3v) is 5.41. The monoisotopic (exact) mass is 374 g/mol. The summed E-state index contributed by atoms with van der Waals surface area (Å²) >= 11 is 0. The van der Waals surface area contributed by atoms with Crippen LogP contribution in [0.4, 0.5) is 0 Å². The molecule has 0 bridgehead atoms. The van der Waals surface area contributed by atoms with Gasteiger partial charge in [-0.15, -0.1) is 0 Å². The van der Waals surface area contributed by atoms with E-state index in [1.165, 1.54) is 43.1 Å². The van der Waals surface area contributed by atoms with Crippen LogP contribution >= 0.6 is 0 Å². The fourth-order valence-electron chi connectivity index (χ4n) is 4.16. The first-order valence-electron chi connectivity index (χ1n) is 9.56. The number of carbonyl (C=O) groups is 1. The zero-order valence-corrected chi connectivity index (χ0v) is 15.7. The predicted molar refractivity (Wildman–Crippen MR) is 121 cm³/mol. The Morgan fingerprint density at radius 3 is 1.17 bits per heavy atom. The quantitative estimate of drug-likeness (QED) is 0.246. The summed E-state index contributed by atoms with van der Waals surface area (Å²) in [5.74, 6) is -0.879. The van der Waals surface area contributed by atoms with Gasteiger partial charge in [0.15, 0.2) is 0 Å². The third kappa shape index (κ3) is 2.86. The average molecular weight is 374 g/mol. The number of rotatable bonds is 1. The van der Waals surface area contributed by atoms with Crippen LogP contribution in [0.25, 0.3) is 43.1 Å². The standard InChI is InChI=1S/C20H12.C7H6O2/c1-5-13-6-2-11-17-18-12-4-8-14-7-3-10-16(20(14)18)15(9-1)19(13)17;8-7(9)6-4-2-1-3-5-6/h1-12H;1-5H,(H,8,9). The van der Waals surface area contributed by atoms with Crippen LogP contribution in [-0.4, -0.2) is 11.1 Å². The zero-order chi connectivity index (χ0) is 19.8. The molecule has 6 rings (SSSR count). The molecule has 6 aromatic carbocycles. The number of fused-ring (bicyclic) bond motifs is 2. The Balaban J connectivity index is 0.000000171. The first-order valence-corrected chi connectivity index (χ1v) is 9.56. The highest BCUT2D eigenvalue weighted by atomic mass is 16.4. The van der Waals surface area contributed by atoms with E-state index in [0.717, 1.165) is 0 Å². The molecule has 0 aliphatic rings. The van der Waals surface area contributed by atoms with Crippen LogP contribution in [0.15, 0.2) is 103 Å². The molecule has 0 aliphatic heterocycles. The van der Waals surface area contributed by atoms with Gasteiger partial charge in [0.25, 0.3) is 0 Å². The number of aromatic carboxylic acids is 1. The fourth-order valence-corrected chi connectivity index (χ4v) is 4.16. The van der Waals surface area contributed by atoms with Crippen molar-refractivity contribution < 1.29 is 9.90 Å². The first-order chi connectivity index (χ1) is 14.2. The second-order valence-corrected chi connectivity index (χ2v) is 7.09. The molecule has 0 amide bonds. The summed E-state index contributed by atoms with van der Waals surface area (Å²) in [6.45, 7) is 0. The summed E-state index contributed by atoms with van der Waals surface area (Å²) in [5, 5.41) is 19.3. The molecule has 0 unspecified atom stereocenters. The Bertz CT molecular complexity index is 1300. The minimum atomic E-state index is -0.879. The molecule has 138 valence electrons. The second kappa shape index (κ2) is 6.92. The van der Waals surface area contributed by atoms with Gasteiger partial charge in [-0.25, -0.2) is 4.79 Å². The molecule has 2 nitrogen and oxygen atoms in total.